The van der Waals surface area contributed by atoms with Crippen LogP contribution in [0.15, 0.2) is 88.7 Å². The zero-order valence-corrected chi connectivity index (χ0v) is 12.6. The van der Waals surface area contributed by atoms with Crippen LogP contribution in [0.3, 0.4) is 0 Å². The molecule has 2 nitrogen and oxygen atoms in total. The Balaban J connectivity index is 1.93. The Kier molecular flexibility index (Phi) is 4.56. The van der Waals surface area contributed by atoms with E-state index in [1.54, 1.807) is 23.9 Å². The van der Waals surface area contributed by atoms with Crippen LogP contribution in [-0.2, 0) is 0 Å². The number of rotatable bonds is 5. The largest absolute Gasteiger partial charge is 0.456 e. The van der Waals surface area contributed by atoms with Gasteiger partial charge in [-0.25, -0.2) is 0 Å². The first-order valence-electron chi connectivity index (χ1n) is 6.90. The summed E-state index contributed by atoms with van der Waals surface area (Å²) in [5.74, 6) is 1.44. The van der Waals surface area contributed by atoms with Gasteiger partial charge in [0.25, 0.3) is 0 Å². The van der Waals surface area contributed by atoms with E-state index in [-0.39, 0.29) is 0 Å². The van der Waals surface area contributed by atoms with Gasteiger partial charge < -0.3 is 4.74 Å². The molecule has 0 aliphatic rings. The lowest BCUT2D eigenvalue weighted by molar-refractivity contribution is 0.112. The van der Waals surface area contributed by atoms with Crippen molar-refractivity contribution in [2.75, 3.05) is 0 Å². The molecule has 0 amide bonds. The van der Waals surface area contributed by atoms with Crippen LogP contribution in [-0.4, -0.2) is 6.29 Å². The summed E-state index contributed by atoms with van der Waals surface area (Å²) in [5, 5.41) is 0. The first-order chi connectivity index (χ1) is 10.8. The van der Waals surface area contributed by atoms with Crippen molar-refractivity contribution in [3.05, 3.63) is 84.4 Å². The Morgan fingerprint density at radius 3 is 2.18 bits per heavy atom. The Labute approximate surface area is 133 Å². The smallest absolute Gasteiger partial charge is 0.150 e. The molecule has 0 radical (unpaired) electrons. The fraction of sp³-hybridized carbons (Fsp3) is 0. The van der Waals surface area contributed by atoms with Gasteiger partial charge in [-0.2, -0.15) is 0 Å². The van der Waals surface area contributed by atoms with E-state index < -0.39 is 0 Å². The Bertz CT molecular complexity index is 755. The minimum absolute atomic E-state index is 0.600. The average Bonchev–Trinajstić information content (AvgIpc) is 2.58. The SMILES string of the molecule is O=Cc1ccc(Sc2ccccc2)c(Oc2ccccc2)c1. The van der Waals surface area contributed by atoms with Crippen LogP contribution in [0.2, 0.25) is 0 Å². The molecule has 3 aromatic rings. The molecular weight excluding hydrogens is 292 g/mol. The van der Waals surface area contributed by atoms with Crippen molar-refractivity contribution in [2.24, 2.45) is 0 Å². The monoisotopic (exact) mass is 306 g/mol. The highest BCUT2D eigenvalue weighted by Crippen LogP contribution is 2.37. The molecule has 3 aromatic carbocycles. The van der Waals surface area contributed by atoms with Gasteiger partial charge in [-0.3, -0.25) is 4.79 Å². The van der Waals surface area contributed by atoms with Crippen LogP contribution in [0, 0.1) is 0 Å². The second kappa shape index (κ2) is 6.96. The molecule has 22 heavy (non-hydrogen) atoms. The minimum atomic E-state index is 0.600. The number of hydrogen-bond donors (Lipinski definition) is 0. The third-order valence-corrected chi connectivity index (χ3v) is 4.11. The van der Waals surface area contributed by atoms with E-state index in [2.05, 4.69) is 0 Å². The highest BCUT2D eigenvalue weighted by Gasteiger charge is 2.08. The van der Waals surface area contributed by atoms with Crippen LogP contribution in [0.1, 0.15) is 10.4 Å². The fourth-order valence-electron chi connectivity index (χ4n) is 1.99. The first-order valence-corrected chi connectivity index (χ1v) is 7.72. The fourth-order valence-corrected chi connectivity index (χ4v) is 2.88. The molecule has 0 atom stereocenters. The summed E-state index contributed by atoms with van der Waals surface area (Å²) in [6.07, 6.45) is 0.828. The molecule has 0 N–H and O–H groups in total. The summed E-state index contributed by atoms with van der Waals surface area (Å²) in [6, 6.07) is 25.1. The van der Waals surface area contributed by atoms with Crippen molar-refractivity contribution in [1.82, 2.24) is 0 Å². The van der Waals surface area contributed by atoms with Crippen molar-refractivity contribution in [1.29, 1.82) is 0 Å². The van der Waals surface area contributed by atoms with Crippen LogP contribution < -0.4 is 4.74 Å². The Hall–Kier alpha value is -2.52. The molecule has 0 aliphatic heterocycles. The van der Waals surface area contributed by atoms with Gasteiger partial charge >= 0.3 is 0 Å². The molecule has 0 unspecified atom stereocenters. The summed E-state index contributed by atoms with van der Waals surface area (Å²) in [5.41, 5.74) is 0.600. The highest BCUT2D eigenvalue weighted by molar-refractivity contribution is 7.99. The summed E-state index contributed by atoms with van der Waals surface area (Å²) < 4.78 is 5.94. The van der Waals surface area contributed by atoms with Crippen molar-refractivity contribution >= 4 is 18.0 Å². The maximum absolute atomic E-state index is 11.0. The predicted octanol–water partition coefficient (Wildman–Crippen LogP) is 5.44. The van der Waals surface area contributed by atoms with E-state index in [9.17, 15) is 4.79 Å². The minimum Gasteiger partial charge on any atom is -0.456 e. The second-order valence-electron chi connectivity index (χ2n) is 4.65. The van der Waals surface area contributed by atoms with Crippen LogP contribution in [0.5, 0.6) is 11.5 Å². The van der Waals surface area contributed by atoms with Gasteiger partial charge in [0, 0.05) is 10.5 Å². The van der Waals surface area contributed by atoms with E-state index in [1.807, 2.05) is 66.7 Å². The van der Waals surface area contributed by atoms with Gasteiger partial charge in [-0.15, -0.1) is 0 Å². The summed E-state index contributed by atoms with van der Waals surface area (Å²) >= 11 is 1.61. The number of benzene rings is 3. The third kappa shape index (κ3) is 3.57. The molecule has 0 fully saturated rings. The molecule has 0 bridgehead atoms. The third-order valence-electron chi connectivity index (χ3n) is 3.05. The van der Waals surface area contributed by atoms with Crippen molar-refractivity contribution in [3.8, 4) is 11.5 Å². The molecule has 108 valence electrons. The number of aldehydes is 1. The molecule has 0 saturated heterocycles. The van der Waals surface area contributed by atoms with Gasteiger partial charge in [0.2, 0.25) is 0 Å². The highest BCUT2D eigenvalue weighted by atomic mass is 32.2. The van der Waals surface area contributed by atoms with E-state index in [4.69, 9.17) is 4.74 Å². The second-order valence-corrected chi connectivity index (χ2v) is 5.77. The van der Waals surface area contributed by atoms with Gasteiger partial charge in [0.05, 0.1) is 4.90 Å². The molecule has 0 heterocycles. The van der Waals surface area contributed by atoms with Crippen LogP contribution in [0.4, 0.5) is 0 Å². The van der Waals surface area contributed by atoms with E-state index in [0.29, 0.717) is 11.3 Å². The predicted molar refractivity (Wildman–Crippen MR) is 88.9 cm³/mol. The van der Waals surface area contributed by atoms with Crippen molar-refractivity contribution < 1.29 is 9.53 Å². The van der Waals surface area contributed by atoms with Crippen molar-refractivity contribution in [3.63, 3.8) is 0 Å². The molecule has 0 aliphatic carbocycles. The standard InChI is InChI=1S/C19H14O2S/c20-14-15-11-12-19(22-17-9-5-2-6-10-17)18(13-15)21-16-7-3-1-4-8-16/h1-14H. The van der Waals surface area contributed by atoms with E-state index in [0.717, 1.165) is 21.8 Å². The lowest BCUT2D eigenvalue weighted by Crippen LogP contribution is -1.89. The Morgan fingerprint density at radius 1 is 0.818 bits per heavy atom. The number of hydrogen-bond acceptors (Lipinski definition) is 3. The van der Waals surface area contributed by atoms with Gasteiger partial charge in [0.1, 0.15) is 17.8 Å². The van der Waals surface area contributed by atoms with Crippen molar-refractivity contribution in [2.45, 2.75) is 9.79 Å². The maximum Gasteiger partial charge on any atom is 0.150 e. The van der Waals surface area contributed by atoms with E-state index >= 15 is 0 Å². The average molecular weight is 306 g/mol. The molecule has 0 aromatic heterocycles. The van der Waals surface area contributed by atoms with Gasteiger partial charge in [0.15, 0.2) is 0 Å². The zero-order valence-electron chi connectivity index (χ0n) is 11.8. The number of carbonyl (C=O) groups excluding carboxylic acids is 1. The van der Waals surface area contributed by atoms with Crippen LogP contribution in [0.25, 0.3) is 0 Å². The summed E-state index contributed by atoms with van der Waals surface area (Å²) in [7, 11) is 0. The normalized spacial score (nSPS) is 10.2. The first kappa shape index (κ1) is 14.4. The molecule has 0 spiro atoms. The molecule has 0 saturated carbocycles. The lowest BCUT2D eigenvalue weighted by Gasteiger charge is -2.11. The van der Waals surface area contributed by atoms with Crippen LogP contribution >= 0.6 is 11.8 Å². The summed E-state index contributed by atoms with van der Waals surface area (Å²) in [4.78, 5) is 13.1. The lowest BCUT2D eigenvalue weighted by atomic mass is 10.2. The molecule has 3 heteroatoms. The Morgan fingerprint density at radius 2 is 1.50 bits per heavy atom. The quantitative estimate of drug-likeness (QED) is 0.587. The molecule has 3 rings (SSSR count). The molecular formula is C19H14O2S. The summed E-state index contributed by atoms with van der Waals surface area (Å²) in [6.45, 7) is 0. The van der Waals surface area contributed by atoms with Gasteiger partial charge in [-0.05, 0) is 36.4 Å². The topological polar surface area (TPSA) is 26.3 Å². The zero-order chi connectivity index (χ0) is 15.2. The van der Waals surface area contributed by atoms with E-state index in [1.165, 1.54) is 0 Å². The van der Waals surface area contributed by atoms with Gasteiger partial charge in [-0.1, -0.05) is 54.2 Å². The number of carbonyl (C=O) groups is 1. The number of para-hydroxylation sites is 1. The number of ether oxygens (including phenoxy) is 1. The maximum atomic E-state index is 11.0.